The zero-order valence-electron chi connectivity index (χ0n) is 25.0. The molecule has 3 N–H and O–H groups in total. The van der Waals surface area contributed by atoms with Crippen LogP contribution in [0.1, 0.15) is 69.2 Å². The van der Waals surface area contributed by atoms with E-state index >= 15 is 0 Å². The number of nitrogens with one attached hydrogen (secondary N) is 3. The van der Waals surface area contributed by atoms with E-state index in [0.717, 1.165) is 63.5 Å². The van der Waals surface area contributed by atoms with Crippen LogP contribution in [0.5, 0.6) is 0 Å². The lowest BCUT2D eigenvalue weighted by Crippen LogP contribution is -2.44. The highest BCUT2D eigenvalue weighted by molar-refractivity contribution is 5.88. The zero-order chi connectivity index (χ0) is 28.3. The molecule has 3 aromatic rings. The molecule has 0 bridgehead atoms. The molecule has 3 heterocycles. The van der Waals surface area contributed by atoms with Gasteiger partial charge in [0.1, 0.15) is 5.82 Å². The molecule has 1 aliphatic heterocycles. The molecule has 6 heteroatoms. The molecule has 1 fully saturated rings. The largest absolute Gasteiger partial charge is 0.391 e. The number of rotatable bonds is 16. The van der Waals surface area contributed by atoms with Crippen molar-refractivity contribution in [3.63, 3.8) is 0 Å². The average Bonchev–Trinajstić information content (AvgIpc) is 3.33. The van der Waals surface area contributed by atoms with E-state index in [1.165, 1.54) is 53.4 Å². The molecule has 2 aromatic heterocycles. The van der Waals surface area contributed by atoms with Crippen molar-refractivity contribution < 1.29 is 0 Å². The third-order valence-electron chi connectivity index (χ3n) is 8.20. The van der Waals surface area contributed by atoms with Gasteiger partial charge in [0, 0.05) is 61.9 Å². The summed E-state index contributed by atoms with van der Waals surface area (Å²) < 4.78 is 2.44. The normalized spacial score (nSPS) is 14.5. The van der Waals surface area contributed by atoms with E-state index in [1.807, 2.05) is 6.20 Å². The number of anilines is 1. The fourth-order valence-corrected chi connectivity index (χ4v) is 5.80. The fraction of sp³-hybridized carbons (Fsp3) is 0.500. The van der Waals surface area contributed by atoms with Gasteiger partial charge >= 0.3 is 0 Å². The molecule has 0 saturated carbocycles. The highest BCUT2D eigenvalue weighted by atomic mass is 15.2. The molecule has 0 amide bonds. The molecule has 6 nitrogen and oxygen atoms in total. The number of aromatic nitrogens is 2. The molecule has 216 valence electrons. The van der Waals surface area contributed by atoms with Crippen LogP contribution in [0.15, 0.2) is 62.0 Å². The van der Waals surface area contributed by atoms with Crippen molar-refractivity contribution in [3.05, 3.63) is 78.8 Å². The Labute approximate surface area is 241 Å². The molecule has 1 aromatic carbocycles. The lowest BCUT2D eigenvalue weighted by atomic mass is 10.0. The van der Waals surface area contributed by atoms with Gasteiger partial charge in [0.05, 0.1) is 11.4 Å². The van der Waals surface area contributed by atoms with Gasteiger partial charge in [0.15, 0.2) is 0 Å². The van der Waals surface area contributed by atoms with Gasteiger partial charge < -0.3 is 25.4 Å². The summed E-state index contributed by atoms with van der Waals surface area (Å²) in [6.45, 7) is 19.9. The first-order chi connectivity index (χ1) is 19.5. The highest BCUT2D eigenvalue weighted by Crippen LogP contribution is 2.29. The Morgan fingerprint density at radius 2 is 1.88 bits per heavy atom. The second kappa shape index (κ2) is 14.9. The predicted octanol–water partition coefficient (Wildman–Crippen LogP) is 6.73. The van der Waals surface area contributed by atoms with E-state index < -0.39 is 0 Å². The van der Waals surface area contributed by atoms with Crippen LogP contribution in [0.4, 0.5) is 5.82 Å². The Balaban J connectivity index is 1.48. The minimum absolute atomic E-state index is 0.471. The van der Waals surface area contributed by atoms with Crippen LogP contribution < -0.4 is 16.0 Å². The number of unbranched alkanes of at least 4 members (excludes halogenated alkanes) is 3. The number of fused-ring (bicyclic) bond motifs is 1. The second-order valence-electron chi connectivity index (χ2n) is 11.5. The van der Waals surface area contributed by atoms with Crippen LogP contribution in [-0.2, 0) is 13.0 Å². The van der Waals surface area contributed by atoms with Gasteiger partial charge in [-0.1, -0.05) is 44.2 Å². The minimum Gasteiger partial charge on any atom is -0.391 e. The number of pyridine rings is 1. The number of benzene rings is 1. The first kappa shape index (κ1) is 29.7. The molecule has 0 atom stereocenters. The quantitative estimate of drug-likeness (QED) is 0.175. The first-order valence-corrected chi connectivity index (χ1v) is 15.3. The molecule has 1 saturated heterocycles. The van der Waals surface area contributed by atoms with Gasteiger partial charge in [-0.25, -0.2) is 4.98 Å². The van der Waals surface area contributed by atoms with Gasteiger partial charge in [-0.2, -0.15) is 0 Å². The van der Waals surface area contributed by atoms with Crippen LogP contribution in [-0.4, -0.2) is 52.7 Å². The van der Waals surface area contributed by atoms with Gasteiger partial charge in [-0.15, -0.1) is 0 Å². The van der Waals surface area contributed by atoms with E-state index in [4.69, 9.17) is 0 Å². The maximum Gasteiger partial charge on any atom is 0.125 e. The summed E-state index contributed by atoms with van der Waals surface area (Å²) in [6.07, 6.45) is 12.0. The van der Waals surface area contributed by atoms with Crippen LogP contribution in [0.2, 0.25) is 0 Å². The van der Waals surface area contributed by atoms with E-state index in [2.05, 4.69) is 101 Å². The number of hydrogen-bond acceptors (Lipinski definition) is 5. The Bertz CT molecular complexity index is 1220. The molecule has 0 radical (unpaired) electrons. The number of nitrogens with zero attached hydrogens (tertiary/aromatic N) is 3. The molecule has 0 unspecified atom stereocenters. The van der Waals surface area contributed by atoms with Crippen LogP contribution in [0, 0.1) is 6.92 Å². The monoisotopic (exact) mass is 542 g/mol. The lowest BCUT2D eigenvalue weighted by Gasteiger charge is -2.35. The smallest absolute Gasteiger partial charge is 0.125 e. The van der Waals surface area contributed by atoms with Crippen molar-refractivity contribution in [3.8, 4) is 0 Å². The summed E-state index contributed by atoms with van der Waals surface area (Å²) in [5, 5.41) is 11.9. The molecular formula is C34H50N6. The number of aryl methyl sites for hydroxylation is 2. The molecule has 1 aliphatic rings. The van der Waals surface area contributed by atoms with Crippen molar-refractivity contribution in [2.24, 2.45) is 0 Å². The Morgan fingerprint density at radius 1 is 1.07 bits per heavy atom. The first-order valence-electron chi connectivity index (χ1n) is 15.3. The van der Waals surface area contributed by atoms with Crippen molar-refractivity contribution in [1.29, 1.82) is 0 Å². The van der Waals surface area contributed by atoms with Crippen molar-refractivity contribution >= 4 is 22.4 Å². The Morgan fingerprint density at radius 3 is 2.60 bits per heavy atom. The van der Waals surface area contributed by atoms with E-state index in [1.54, 1.807) is 6.20 Å². The Hall–Kier alpha value is -3.25. The molecule has 0 spiro atoms. The third-order valence-corrected chi connectivity index (χ3v) is 8.20. The lowest BCUT2D eigenvalue weighted by molar-refractivity contribution is 0.167. The van der Waals surface area contributed by atoms with Crippen LogP contribution in [0.3, 0.4) is 0 Å². The fourth-order valence-electron chi connectivity index (χ4n) is 5.80. The SMILES string of the molecule is C=CNCCCCCCc1cccc2c1cc(C(=C)NC1CCN(C(C)C)CC1)n2CCNc1ccc(C)cn1. The molecular weight excluding hydrogens is 492 g/mol. The zero-order valence-corrected chi connectivity index (χ0v) is 25.0. The maximum absolute atomic E-state index is 4.55. The van der Waals surface area contributed by atoms with E-state index in [-0.39, 0.29) is 0 Å². The van der Waals surface area contributed by atoms with E-state index in [9.17, 15) is 0 Å². The summed E-state index contributed by atoms with van der Waals surface area (Å²) in [7, 11) is 0. The maximum atomic E-state index is 4.55. The van der Waals surface area contributed by atoms with E-state index in [0.29, 0.717) is 12.1 Å². The molecule has 40 heavy (non-hydrogen) atoms. The van der Waals surface area contributed by atoms with Gasteiger partial charge in [0.2, 0.25) is 0 Å². The summed E-state index contributed by atoms with van der Waals surface area (Å²) >= 11 is 0. The summed E-state index contributed by atoms with van der Waals surface area (Å²) in [4.78, 5) is 7.10. The summed E-state index contributed by atoms with van der Waals surface area (Å²) in [5.74, 6) is 0.918. The number of piperidine rings is 1. The van der Waals surface area contributed by atoms with Crippen molar-refractivity contribution in [2.45, 2.75) is 84.3 Å². The van der Waals surface area contributed by atoms with Gasteiger partial charge in [-0.3, -0.25) is 0 Å². The van der Waals surface area contributed by atoms with Crippen LogP contribution in [0.25, 0.3) is 16.6 Å². The summed E-state index contributed by atoms with van der Waals surface area (Å²) in [5.41, 5.74) is 6.13. The predicted molar refractivity (Wildman–Crippen MR) is 172 cm³/mol. The molecule has 4 rings (SSSR count). The van der Waals surface area contributed by atoms with Crippen molar-refractivity contribution in [1.82, 2.24) is 25.1 Å². The minimum atomic E-state index is 0.471. The van der Waals surface area contributed by atoms with Gasteiger partial charge in [0.25, 0.3) is 0 Å². The van der Waals surface area contributed by atoms with Gasteiger partial charge in [-0.05, 0) is 88.4 Å². The second-order valence-corrected chi connectivity index (χ2v) is 11.5. The topological polar surface area (TPSA) is 57.1 Å². The standard InChI is InChI=1S/C34H50N6/c1-6-35-19-10-8-7-9-12-29-13-11-14-32-31(29)24-33(28(5)38-30-17-21-39(22-18-30)26(2)3)40(32)23-20-36-34-16-15-27(4)25-37-34/h6,11,13-16,24-26,30,35,38H,1,5,7-10,12,17-23H2,2-4H3,(H,36,37). The summed E-state index contributed by atoms with van der Waals surface area (Å²) in [6, 6.07) is 14.4. The van der Waals surface area contributed by atoms with Crippen LogP contribution >= 0.6 is 0 Å². The molecule has 0 aliphatic carbocycles. The Kier molecular flexibility index (Phi) is 11.1. The highest BCUT2D eigenvalue weighted by Gasteiger charge is 2.22. The third kappa shape index (κ3) is 8.14. The average molecular weight is 543 g/mol. The number of likely N-dealkylation sites (tertiary alicyclic amines) is 1. The number of hydrogen-bond donors (Lipinski definition) is 3. The van der Waals surface area contributed by atoms with Crippen molar-refractivity contribution in [2.75, 3.05) is 31.5 Å².